The van der Waals surface area contributed by atoms with Crippen LogP contribution in [0.15, 0.2) is 67.0 Å². The highest BCUT2D eigenvalue weighted by Crippen LogP contribution is 2.31. The average molecular weight is 404 g/mol. The normalized spacial score (nSPS) is 10.8. The van der Waals surface area contributed by atoms with E-state index in [9.17, 15) is 14.0 Å². The second kappa shape index (κ2) is 8.12. The van der Waals surface area contributed by atoms with E-state index in [0.717, 1.165) is 0 Å². The first-order valence-corrected chi connectivity index (χ1v) is 9.18. The number of hydrogen-bond donors (Lipinski definition) is 2. The van der Waals surface area contributed by atoms with Crippen molar-refractivity contribution in [1.29, 1.82) is 0 Å². The highest BCUT2D eigenvalue weighted by atomic mass is 19.1. The summed E-state index contributed by atoms with van der Waals surface area (Å²) < 4.78 is 14.6. The van der Waals surface area contributed by atoms with E-state index in [0.29, 0.717) is 33.7 Å². The van der Waals surface area contributed by atoms with Crippen molar-refractivity contribution < 1.29 is 19.1 Å². The van der Waals surface area contributed by atoms with E-state index in [1.165, 1.54) is 12.1 Å². The Kier molecular flexibility index (Phi) is 5.21. The van der Waals surface area contributed by atoms with E-state index in [-0.39, 0.29) is 24.6 Å². The van der Waals surface area contributed by atoms with Crippen molar-refractivity contribution in [3.63, 3.8) is 0 Å². The Morgan fingerprint density at radius 3 is 2.60 bits per heavy atom. The van der Waals surface area contributed by atoms with Crippen molar-refractivity contribution in [2.45, 2.75) is 12.8 Å². The number of anilines is 1. The van der Waals surface area contributed by atoms with Gasteiger partial charge in [0, 0.05) is 12.4 Å². The van der Waals surface area contributed by atoms with E-state index in [4.69, 9.17) is 5.11 Å². The van der Waals surface area contributed by atoms with E-state index < -0.39 is 5.97 Å². The van der Waals surface area contributed by atoms with E-state index in [1.807, 2.05) is 6.07 Å². The molecule has 0 bridgehead atoms. The van der Waals surface area contributed by atoms with Gasteiger partial charge in [0.2, 0.25) is 5.91 Å². The molecule has 0 unspecified atom stereocenters. The third-order valence-corrected chi connectivity index (χ3v) is 4.50. The summed E-state index contributed by atoms with van der Waals surface area (Å²) in [5.74, 6) is -1.30. The Labute approximate surface area is 170 Å². The molecule has 0 aliphatic rings. The number of halogens is 1. The van der Waals surface area contributed by atoms with Crippen LogP contribution in [0.5, 0.6) is 0 Å². The second-order valence-electron chi connectivity index (χ2n) is 6.73. The summed E-state index contributed by atoms with van der Waals surface area (Å²) in [6, 6.07) is 14.5. The number of benzene rings is 2. The van der Waals surface area contributed by atoms with Crippen LogP contribution in [0.4, 0.5) is 10.2 Å². The molecule has 0 atom stereocenters. The molecule has 0 aliphatic carbocycles. The van der Waals surface area contributed by atoms with Crippen molar-refractivity contribution in [2.75, 3.05) is 5.32 Å². The molecule has 1 amide bonds. The molecule has 0 radical (unpaired) electrons. The molecule has 2 heterocycles. The Hall–Kier alpha value is -4.07. The zero-order valence-electron chi connectivity index (χ0n) is 15.7. The predicted molar refractivity (Wildman–Crippen MR) is 108 cm³/mol. The number of nitrogens with zero attached hydrogens (tertiary/aromatic N) is 3. The number of carboxylic acids is 1. The fraction of sp³-hybridized carbons (Fsp3) is 0.0909. The molecular formula is C22H17FN4O3. The summed E-state index contributed by atoms with van der Waals surface area (Å²) in [7, 11) is 0. The minimum absolute atomic E-state index is 0.0556. The average Bonchev–Trinajstić information content (AvgIpc) is 3.07. The predicted octanol–water partition coefficient (Wildman–Crippen LogP) is 3.34. The highest BCUT2D eigenvalue weighted by Gasteiger charge is 2.18. The molecule has 2 N–H and O–H groups in total. The smallest absolute Gasteiger partial charge is 0.307 e. The first kappa shape index (κ1) is 19.3. The molecule has 0 fully saturated rings. The Morgan fingerprint density at radius 2 is 1.83 bits per heavy atom. The van der Waals surface area contributed by atoms with Crippen molar-refractivity contribution >= 4 is 23.3 Å². The second-order valence-corrected chi connectivity index (χ2v) is 6.73. The molecule has 2 aromatic carbocycles. The van der Waals surface area contributed by atoms with Crippen molar-refractivity contribution in [2.24, 2.45) is 0 Å². The van der Waals surface area contributed by atoms with Crippen molar-refractivity contribution in [3.8, 4) is 11.1 Å². The SMILES string of the molecule is O=C(O)Cc1cccc(-c2c(NC(=O)Cc3ccc(F)cc3)nn3cccnc23)c1. The molecule has 30 heavy (non-hydrogen) atoms. The minimum Gasteiger partial charge on any atom is -0.481 e. The summed E-state index contributed by atoms with van der Waals surface area (Å²) in [5, 5.41) is 16.3. The molecule has 7 nitrogen and oxygen atoms in total. The summed E-state index contributed by atoms with van der Waals surface area (Å²) in [6.45, 7) is 0. The van der Waals surface area contributed by atoms with Gasteiger partial charge in [0.25, 0.3) is 0 Å². The molecule has 4 rings (SSSR count). The van der Waals surface area contributed by atoms with Gasteiger partial charge in [-0.3, -0.25) is 9.59 Å². The van der Waals surface area contributed by atoms with Crippen LogP contribution >= 0.6 is 0 Å². The molecule has 2 aromatic heterocycles. The monoisotopic (exact) mass is 404 g/mol. The molecule has 4 aromatic rings. The number of carbonyl (C=O) groups excluding carboxylic acids is 1. The van der Waals surface area contributed by atoms with Gasteiger partial charge < -0.3 is 10.4 Å². The number of rotatable bonds is 6. The van der Waals surface area contributed by atoms with Gasteiger partial charge in [-0.1, -0.05) is 36.4 Å². The first-order chi connectivity index (χ1) is 14.5. The lowest BCUT2D eigenvalue weighted by Crippen LogP contribution is -2.15. The molecule has 0 saturated heterocycles. The molecule has 0 spiro atoms. The number of fused-ring (bicyclic) bond motifs is 1. The number of aromatic nitrogens is 3. The topological polar surface area (TPSA) is 96.6 Å². The van der Waals surface area contributed by atoms with E-state index in [1.54, 1.807) is 53.3 Å². The first-order valence-electron chi connectivity index (χ1n) is 9.18. The Bertz CT molecular complexity index is 1230. The number of aliphatic carboxylic acids is 1. The fourth-order valence-electron chi connectivity index (χ4n) is 3.22. The summed E-state index contributed by atoms with van der Waals surface area (Å²) in [6.07, 6.45) is 3.26. The summed E-state index contributed by atoms with van der Waals surface area (Å²) in [4.78, 5) is 28.0. The fourth-order valence-corrected chi connectivity index (χ4v) is 3.22. The van der Waals surface area contributed by atoms with Gasteiger partial charge in [-0.2, -0.15) is 0 Å². The van der Waals surface area contributed by atoms with Gasteiger partial charge in [0.1, 0.15) is 5.82 Å². The number of carbonyl (C=O) groups is 2. The molecule has 0 aliphatic heterocycles. The standard InChI is InChI=1S/C22H17FN4O3/c23-17-7-5-14(6-8-17)12-18(28)25-21-20(22-24-9-2-10-27(22)26-21)16-4-1-3-15(11-16)13-19(29)30/h1-11H,12-13H2,(H,29,30)(H,25,26,28). The van der Waals surface area contributed by atoms with Crippen LogP contribution in [-0.2, 0) is 22.4 Å². The van der Waals surface area contributed by atoms with Gasteiger partial charge >= 0.3 is 5.97 Å². The molecule has 0 saturated carbocycles. The van der Waals surface area contributed by atoms with Gasteiger partial charge in [-0.25, -0.2) is 13.9 Å². The van der Waals surface area contributed by atoms with Crippen LogP contribution in [0.2, 0.25) is 0 Å². The maximum absolute atomic E-state index is 13.1. The lowest BCUT2D eigenvalue weighted by Gasteiger charge is -2.07. The lowest BCUT2D eigenvalue weighted by molar-refractivity contribution is -0.136. The zero-order valence-corrected chi connectivity index (χ0v) is 15.7. The van der Waals surface area contributed by atoms with Crippen LogP contribution in [-0.4, -0.2) is 31.6 Å². The maximum atomic E-state index is 13.1. The number of nitrogens with one attached hydrogen (secondary N) is 1. The van der Waals surface area contributed by atoms with Gasteiger partial charge in [-0.15, -0.1) is 5.10 Å². The maximum Gasteiger partial charge on any atom is 0.307 e. The third-order valence-electron chi connectivity index (χ3n) is 4.50. The number of carboxylic acid groups (broad SMARTS) is 1. The minimum atomic E-state index is -0.932. The Balaban J connectivity index is 1.69. The lowest BCUT2D eigenvalue weighted by atomic mass is 10.0. The van der Waals surface area contributed by atoms with Gasteiger partial charge in [0.05, 0.1) is 18.4 Å². The largest absolute Gasteiger partial charge is 0.481 e. The van der Waals surface area contributed by atoms with Crippen LogP contribution in [0.1, 0.15) is 11.1 Å². The van der Waals surface area contributed by atoms with Crippen LogP contribution < -0.4 is 5.32 Å². The van der Waals surface area contributed by atoms with E-state index in [2.05, 4.69) is 15.4 Å². The van der Waals surface area contributed by atoms with Crippen LogP contribution in [0.25, 0.3) is 16.8 Å². The highest BCUT2D eigenvalue weighted by molar-refractivity contribution is 5.98. The van der Waals surface area contributed by atoms with Gasteiger partial charge in [0.15, 0.2) is 11.5 Å². The summed E-state index contributed by atoms with van der Waals surface area (Å²) >= 11 is 0. The Morgan fingerprint density at radius 1 is 1.03 bits per heavy atom. The molecule has 150 valence electrons. The number of amides is 1. The third kappa shape index (κ3) is 4.17. The van der Waals surface area contributed by atoms with Crippen LogP contribution in [0.3, 0.4) is 0 Å². The summed E-state index contributed by atoms with van der Waals surface area (Å²) in [5.41, 5.74) is 3.11. The quantitative estimate of drug-likeness (QED) is 0.514. The number of hydrogen-bond acceptors (Lipinski definition) is 4. The van der Waals surface area contributed by atoms with Gasteiger partial charge in [-0.05, 0) is 34.9 Å². The zero-order chi connectivity index (χ0) is 21.1. The molecular weight excluding hydrogens is 387 g/mol. The van der Waals surface area contributed by atoms with Crippen LogP contribution in [0, 0.1) is 5.82 Å². The molecule has 8 heteroatoms. The van der Waals surface area contributed by atoms with Crippen molar-refractivity contribution in [3.05, 3.63) is 83.9 Å². The van der Waals surface area contributed by atoms with E-state index >= 15 is 0 Å². The van der Waals surface area contributed by atoms with Crippen molar-refractivity contribution in [1.82, 2.24) is 14.6 Å².